The molecule has 2 atom stereocenters. The highest BCUT2D eigenvalue weighted by molar-refractivity contribution is 7.59. The number of carbonyl (C=O) groups excluding carboxylic acids is 4. The molecule has 1 fully saturated rings. The van der Waals surface area contributed by atoms with Gasteiger partial charge in [0.15, 0.2) is 5.82 Å². The van der Waals surface area contributed by atoms with Crippen LogP contribution in [-0.2, 0) is 41.4 Å². The molecule has 0 radical (unpaired) electrons. The molecule has 4 heterocycles. The maximum atomic E-state index is 13.2. The molecule has 1 aliphatic carbocycles. The van der Waals surface area contributed by atoms with E-state index in [1.54, 1.807) is 11.3 Å². The van der Waals surface area contributed by atoms with Crippen molar-refractivity contribution in [3.05, 3.63) is 97.4 Å². The van der Waals surface area contributed by atoms with Crippen LogP contribution in [0.5, 0.6) is 0 Å². The van der Waals surface area contributed by atoms with Crippen LogP contribution in [0.25, 0.3) is 5.00 Å². The molecule has 1 saturated heterocycles. The third-order valence-electron chi connectivity index (χ3n) is 11.1. The maximum absolute atomic E-state index is 13.2. The molecule has 2 aromatic heterocycles. The van der Waals surface area contributed by atoms with Crippen molar-refractivity contribution in [2.75, 3.05) is 59.3 Å². The van der Waals surface area contributed by atoms with Gasteiger partial charge in [-0.25, -0.2) is 0 Å². The number of halogens is 1. The van der Waals surface area contributed by atoms with Crippen LogP contribution < -0.4 is 5.32 Å². The first-order chi connectivity index (χ1) is 28.5. The second kappa shape index (κ2) is 21.0. The number of ether oxygens (including phenoxy) is 3. The van der Waals surface area contributed by atoms with E-state index in [1.807, 2.05) is 58.9 Å². The molecule has 2 amide bonds. The van der Waals surface area contributed by atoms with Gasteiger partial charge in [0.05, 0.1) is 51.8 Å². The largest absolute Gasteiger partial charge is 0.379 e. The van der Waals surface area contributed by atoms with Gasteiger partial charge in [-0.05, 0) is 80.5 Å². The molecule has 2 aromatic carbocycles. The van der Waals surface area contributed by atoms with Crippen molar-refractivity contribution in [3.63, 3.8) is 0 Å². The number of aliphatic imine (C=N–C) groups is 1. The first-order valence-electron chi connectivity index (χ1n) is 20.4. The van der Waals surface area contributed by atoms with Crippen LogP contribution in [0, 0.1) is 26.7 Å². The minimum Gasteiger partial charge on any atom is -0.379 e. The number of carbonyl (C=O) groups is 4. The van der Waals surface area contributed by atoms with Gasteiger partial charge < -0.3 is 24.4 Å². The number of ketones is 2. The molecule has 0 spiro atoms. The van der Waals surface area contributed by atoms with Crippen LogP contribution in [0.4, 0.5) is 0 Å². The van der Waals surface area contributed by atoms with Gasteiger partial charge in [-0.2, -0.15) is 13.5 Å². The molecule has 1 unspecified atom stereocenters. The van der Waals surface area contributed by atoms with E-state index in [0.717, 1.165) is 57.2 Å². The fraction of sp³-hybridized carbons (Fsp3) is 0.477. The molecule has 60 heavy (non-hydrogen) atoms. The number of rotatable bonds is 18. The summed E-state index contributed by atoms with van der Waals surface area (Å²) in [5, 5.41) is 13.4. The van der Waals surface area contributed by atoms with Crippen molar-refractivity contribution in [1.29, 1.82) is 0 Å². The molecule has 1 N–H and O–H groups in total. The number of hydrogen-bond acceptors (Lipinski definition) is 11. The first-order valence-corrected chi connectivity index (χ1v) is 21.6. The monoisotopic (exact) mass is 876 g/mol. The van der Waals surface area contributed by atoms with Crippen molar-refractivity contribution in [2.45, 2.75) is 71.8 Å². The number of nitrogens with one attached hydrogen (secondary N) is 1. The van der Waals surface area contributed by atoms with Gasteiger partial charge in [0, 0.05) is 71.9 Å². The van der Waals surface area contributed by atoms with E-state index in [-0.39, 0.29) is 49.2 Å². The van der Waals surface area contributed by atoms with Gasteiger partial charge in [0.2, 0.25) is 5.91 Å². The topological polar surface area (TPSA) is 154 Å². The third kappa shape index (κ3) is 11.0. The predicted molar refractivity (Wildman–Crippen MR) is 235 cm³/mol. The summed E-state index contributed by atoms with van der Waals surface area (Å²) in [5.41, 5.74) is 6.45. The Morgan fingerprint density at radius 3 is 2.38 bits per heavy atom. The summed E-state index contributed by atoms with van der Waals surface area (Å²) in [7, 11) is 0. The number of thiophene rings is 1. The van der Waals surface area contributed by atoms with Crippen molar-refractivity contribution in [1.82, 2.24) is 25.0 Å². The van der Waals surface area contributed by atoms with E-state index < -0.39 is 6.04 Å². The number of likely N-dealkylation sites (tertiary alicyclic amines) is 1. The van der Waals surface area contributed by atoms with E-state index in [1.165, 1.54) is 4.88 Å². The van der Waals surface area contributed by atoms with Gasteiger partial charge in [-0.3, -0.25) is 28.7 Å². The van der Waals surface area contributed by atoms with Crippen LogP contribution in [-0.4, -0.2) is 108 Å². The van der Waals surface area contributed by atoms with E-state index in [4.69, 9.17) is 30.8 Å². The van der Waals surface area contributed by atoms with Gasteiger partial charge in [-0.15, -0.1) is 21.5 Å². The van der Waals surface area contributed by atoms with E-state index in [9.17, 15) is 19.2 Å². The molecule has 13 nitrogen and oxygen atoms in total. The lowest BCUT2D eigenvalue weighted by molar-refractivity contribution is -0.122. The molecule has 7 rings (SSSR count). The van der Waals surface area contributed by atoms with Crippen LogP contribution in [0.15, 0.2) is 47.5 Å². The Bertz CT molecular complexity index is 2220. The highest BCUT2D eigenvalue weighted by Gasteiger charge is 2.33. The minimum atomic E-state index is -0.549. The molecule has 16 heteroatoms. The second-order valence-electron chi connectivity index (χ2n) is 15.4. The number of nitrogens with zero attached hydrogens (tertiary/aromatic N) is 5. The zero-order valence-corrected chi connectivity index (χ0v) is 37.0. The number of piperidine rings is 1. The lowest BCUT2D eigenvalue weighted by atomic mass is 9.91. The Morgan fingerprint density at radius 1 is 0.900 bits per heavy atom. The summed E-state index contributed by atoms with van der Waals surface area (Å²) >= 11 is 7.88. The maximum Gasteiger partial charge on any atom is 0.253 e. The number of aromatic nitrogens is 3. The summed E-state index contributed by atoms with van der Waals surface area (Å²) in [4.78, 5) is 59.1. The van der Waals surface area contributed by atoms with Gasteiger partial charge >= 0.3 is 0 Å². The predicted octanol–water partition coefficient (Wildman–Crippen LogP) is 6.04. The Hall–Kier alpha value is -4.25. The standard InChI is InChI=1S/C44H51ClN6O7S.H2S/c1-27-28(2)59-44-40(27)41(31-8-10-35(45)11-9-31)47-38(42-49-48-29(3)51(42)44)25-39(54)46-13-16-57-18-20-58-19-17-56-15-12-36(52)21-30-5-4-14-50(26-30)43(55)33-7-6-32-23-37(53)24-34(32)22-33;/h6-11,22,30,38H,4-5,12-21,23-26H2,1-3H3,(H,46,54);1H2/t30?,38-;/m0./s1. The summed E-state index contributed by atoms with van der Waals surface area (Å²) in [6, 6.07) is 12.6. The first kappa shape index (κ1) is 45.3. The Kier molecular flexibility index (Phi) is 15.9. The lowest BCUT2D eigenvalue weighted by Gasteiger charge is -2.32. The molecule has 3 aliphatic rings. The number of Topliss-reactive ketones (excluding diaryl/α,β-unsaturated/α-hetero) is 2. The highest BCUT2D eigenvalue weighted by atomic mass is 35.5. The van der Waals surface area contributed by atoms with Crippen LogP contribution in [0.3, 0.4) is 0 Å². The van der Waals surface area contributed by atoms with E-state index in [0.29, 0.717) is 101 Å². The summed E-state index contributed by atoms with van der Waals surface area (Å²) < 4.78 is 18.9. The van der Waals surface area contributed by atoms with Crippen molar-refractivity contribution in [3.8, 4) is 5.00 Å². The summed E-state index contributed by atoms with van der Waals surface area (Å²) in [6.07, 6.45) is 3.48. The van der Waals surface area contributed by atoms with E-state index in [2.05, 4.69) is 29.4 Å². The number of fused-ring (bicyclic) bond motifs is 4. The Labute approximate surface area is 366 Å². The molecule has 0 saturated carbocycles. The minimum absolute atomic E-state index is 0. The zero-order valence-electron chi connectivity index (χ0n) is 34.4. The molecular weight excluding hydrogens is 824 g/mol. The fourth-order valence-corrected chi connectivity index (χ4v) is 9.32. The van der Waals surface area contributed by atoms with Crippen molar-refractivity contribution in [2.24, 2.45) is 10.9 Å². The zero-order chi connectivity index (χ0) is 41.5. The van der Waals surface area contributed by atoms with Crippen LogP contribution >= 0.6 is 36.4 Å². The normalized spacial score (nSPS) is 17.0. The SMILES string of the molecule is Cc1sc2c(c1C)C(c1ccc(Cl)cc1)=N[C@@H](CC(=O)NCCOCCOCCOCCC(=O)CC1CCCN(C(=O)c3ccc4c(c3)CC(=O)C4)C1)c1nnc(C)n1-2.S. The summed E-state index contributed by atoms with van der Waals surface area (Å²) in [6.45, 7) is 9.80. The molecule has 320 valence electrons. The molecular formula is C44H53ClN6O7S2. The quantitative estimate of drug-likeness (QED) is 0.118. The Balaban J connectivity index is 0.00000604. The van der Waals surface area contributed by atoms with Gasteiger partial charge in [0.25, 0.3) is 5.91 Å². The van der Waals surface area contributed by atoms with Crippen molar-refractivity contribution >= 4 is 65.5 Å². The van der Waals surface area contributed by atoms with E-state index >= 15 is 0 Å². The number of aryl methyl sites for hydroxylation is 2. The Morgan fingerprint density at radius 2 is 1.62 bits per heavy atom. The third-order valence-corrected chi connectivity index (χ3v) is 12.6. The number of benzene rings is 2. The smallest absolute Gasteiger partial charge is 0.253 e. The number of hydrogen-bond donors (Lipinski definition) is 1. The van der Waals surface area contributed by atoms with Crippen LogP contribution in [0.2, 0.25) is 5.02 Å². The highest BCUT2D eigenvalue weighted by Crippen LogP contribution is 2.39. The molecule has 2 aliphatic heterocycles. The fourth-order valence-electron chi connectivity index (χ4n) is 7.98. The lowest BCUT2D eigenvalue weighted by Crippen LogP contribution is -2.40. The van der Waals surface area contributed by atoms with Gasteiger partial charge in [-0.1, -0.05) is 29.8 Å². The average Bonchev–Trinajstić information content (AvgIpc) is 3.86. The second-order valence-corrected chi connectivity index (χ2v) is 17.1. The van der Waals surface area contributed by atoms with Crippen molar-refractivity contribution < 1.29 is 33.4 Å². The number of amides is 2. The van der Waals surface area contributed by atoms with Crippen LogP contribution in [0.1, 0.15) is 92.8 Å². The summed E-state index contributed by atoms with van der Waals surface area (Å²) in [5.74, 6) is 1.62. The average molecular weight is 878 g/mol. The van der Waals surface area contributed by atoms with Gasteiger partial charge in [0.1, 0.15) is 28.4 Å². The molecule has 4 aromatic rings. The molecule has 0 bridgehead atoms.